The topological polar surface area (TPSA) is 105 Å². The number of carboxylic acid groups (broad SMARTS) is 1. The third-order valence-electron chi connectivity index (χ3n) is 2.10. The smallest absolute Gasteiger partial charge is 0.303 e. The molecule has 0 aromatic carbocycles. The molecule has 18 heavy (non-hydrogen) atoms. The number of methoxy groups -OCH3 is 1. The maximum Gasteiger partial charge on any atom is 0.303 e. The fourth-order valence-electron chi connectivity index (χ4n) is 1.18. The number of carbonyl (C=O) groups excluding carboxylic acids is 2. The second kappa shape index (κ2) is 10.5. The molecule has 0 bridgehead atoms. The van der Waals surface area contributed by atoms with E-state index in [2.05, 4.69) is 10.6 Å². The summed E-state index contributed by atoms with van der Waals surface area (Å²) in [5, 5.41) is 13.6. The van der Waals surface area contributed by atoms with Crippen LogP contribution in [0.3, 0.4) is 0 Å². The summed E-state index contributed by atoms with van der Waals surface area (Å²) < 4.78 is 4.77. The Balaban J connectivity index is 3.44. The lowest BCUT2D eigenvalue weighted by Crippen LogP contribution is -2.32. The number of aliphatic carboxylic acids is 1. The van der Waals surface area contributed by atoms with Crippen molar-refractivity contribution in [3.63, 3.8) is 0 Å². The number of hydrogen-bond acceptors (Lipinski definition) is 4. The fraction of sp³-hybridized carbons (Fsp3) is 0.727. The number of hydrogen-bond donors (Lipinski definition) is 3. The third-order valence-corrected chi connectivity index (χ3v) is 2.10. The molecular weight excluding hydrogens is 240 g/mol. The highest BCUT2D eigenvalue weighted by atomic mass is 16.5. The number of amides is 2. The molecule has 0 aliphatic rings. The minimum absolute atomic E-state index is 0.0229. The second-order valence-corrected chi connectivity index (χ2v) is 3.69. The molecule has 7 nitrogen and oxygen atoms in total. The number of carbonyl (C=O) groups is 3. The van der Waals surface area contributed by atoms with Crippen LogP contribution in [0.1, 0.15) is 25.7 Å². The van der Waals surface area contributed by atoms with Crippen molar-refractivity contribution in [1.82, 2.24) is 10.6 Å². The first-order chi connectivity index (χ1) is 8.56. The zero-order valence-corrected chi connectivity index (χ0v) is 10.5. The van der Waals surface area contributed by atoms with Gasteiger partial charge in [-0.3, -0.25) is 14.4 Å². The van der Waals surface area contributed by atoms with Crippen LogP contribution in [0.15, 0.2) is 0 Å². The van der Waals surface area contributed by atoms with Gasteiger partial charge in [0.1, 0.15) is 0 Å². The summed E-state index contributed by atoms with van der Waals surface area (Å²) in [4.78, 5) is 32.6. The molecule has 0 aromatic rings. The Hall–Kier alpha value is -1.63. The quantitative estimate of drug-likeness (QED) is 0.460. The normalized spacial score (nSPS) is 9.83. The van der Waals surface area contributed by atoms with Crippen molar-refractivity contribution >= 4 is 17.8 Å². The SMILES string of the molecule is COCCNC(=O)CCNC(=O)CCCC(=O)O. The molecule has 0 saturated heterocycles. The highest BCUT2D eigenvalue weighted by molar-refractivity contribution is 5.79. The molecule has 0 unspecified atom stereocenters. The summed E-state index contributed by atoms with van der Waals surface area (Å²) in [5.41, 5.74) is 0. The van der Waals surface area contributed by atoms with Gasteiger partial charge in [-0.25, -0.2) is 0 Å². The first-order valence-corrected chi connectivity index (χ1v) is 5.80. The van der Waals surface area contributed by atoms with Gasteiger partial charge in [-0.05, 0) is 6.42 Å². The van der Waals surface area contributed by atoms with Gasteiger partial charge >= 0.3 is 5.97 Å². The average Bonchev–Trinajstić information content (AvgIpc) is 2.29. The van der Waals surface area contributed by atoms with Crippen LogP contribution < -0.4 is 10.6 Å². The molecule has 0 radical (unpaired) electrons. The molecule has 3 N–H and O–H groups in total. The summed E-state index contributed by atoms with van der Waals surface area (Å²) in [6, 6.07) is 0. The molecule has 104 valence electrons. The van der Waals surface area contributed by atoms with Crippen LogP contribution in [0.5, 0.6) is 0 Å². The van der Waals surface area contributed by atoms with Crippen LogP contribution in [0.2, 0.25) is 0 Å². The van der Waals surface area contributed by atoms with Crippen molar-refractivity contribution in [2.24, 2.45) is 0 Å². The highest BCUT2D eigenvalue weighted by Gasteiger charge is 2.05. The first-order valence-electron chi connectivity index (χ1n) is 5.80. The van der Waals surface area contributed by atoms with Gasteiger partial charge in [-0.1, -0.05) is 0 Å². The molecule has 2 amide bonds. The van der Waals surface area contributed by atoms with Crippen LogP contribution in [-0.4, -0.2) is 49.7 Å². The molecular formula is C11H20N2O5. The summed E-state index contributed by atoms with van der Waals surface area (Å²) in [7, 11) is 1.55. The second-order valence-electron chi connectivity index (χ2n) is 3.69. The number of nitrogens with one attached hydrogen (secondary N) is 2. The van der Waals surface area contributed by atoms with Gasteiger partial charge in [0.05, 0.1) is 6.61 Å². The van der Waals surface area contributed by atoms with E-state index in [-0.39, 0.29) is 37.6 Å². The van der Waals surface area contributed by atoms with Crippen LogP contribution in [0, 0.1) is 0 Å². The Morgan fingerprint density at radius 2 is 1.61 bits per heavy atom. The summed E-state index contributed by atoms with van der Waals surface area (Å²) in [6.07, 6.45) is 0.651. The molecule has 7 heteroatoms. The average molecular weight is 260 g/mol. The fourth-order valence-corrected chi connectivity index (χ4v) is 1.18. The van der Waals surface area contributed by atoms with E-state index in [0.29, 0.717) is 19.6 Å². The third kappa shape index (κ3) is 10.9. The monoisotopic (exact) mass is 260 g/mol. The van der Waals surface area contributed by atoms with Gasteiger partial charge < -0.3 is 20.5 Å². The molecule has 0 aliphatic heterocycles. The Bertz CT molecular complexity index is 281. The predicted molar refractivity (Wildman–Crippen MR) is 64.0 cm³/mol. The molecule has 0 rings (SSSR count). The van der Waals surface area contributed by atoms with Gasteiger partial charge in [-0.15, -0.1) is 0 Å². The molecule has 0 heterocycles. The van der Waals surface area contributed by atoms with Crippen LogP contribution in [0.25, 0.3) is 0 Å². The van der Waals surface area contributed by atoms with Crippen LogP contribution in [-0.2, 0) is 19.1 Å². The molecule has 0 fully saturated rings. The van der Waals surface area contributed by atoms with Crippen molar-refractivity contribution in [3.05, 3.63) is 0 Å². The zero-order chi connectivity index (χ0) is 13.8. The Kier molecular flexibility index (Phi) is 9.57. The van der Waals surface area contributed by atoms with E-state index in [0.717, 1.165) is 0 Å². The number of rotatable bonds is 10. The summed E-state index contributed by atoms with van der Waals surface area (Å²) in [6.45, 7) is 1.15. The lowest BCUT2D eigenvalue weighted by Gasteiger charge is -2.06. The van der Waals surface area contributed by atoms with Crippen LogP contribution >= 0.6 is 0 Å². The lowest BCUT2D eigenvalue weighted by molar-refractivity contribution is -0.137. The minimum Gasteiger partial charge on any atom is -0.481 e. The first kappa shape index (κ1) is 16.4. The van der Waals surface area contributed by atoms with Crippen molar-refractivity contribution < 1.29 is 24.2 Å². The zero-order valence-electron chi connectivity index (χ0n) is 10.5. The largest absolute Gasteiger partial charge is 0.481 e. The molecule has 0 saturated carbocycles. The number of carboxylic acids is 1. The van der Waals surface area contributed by atoms with E-state index in [1.807, 2.05) is 0 Å². The van der Waals surface area contributed by atoms with Crippen LogP contribution in [0.4, 0.5) is 0 Å². The Morgan fingerprint density at radius 3 is 2.22 bits per heavy atom. The van der Waals surface area contributed by atoms with E-state index < -0.39 is 5.97 Å². The molecule has 0 spiro atoms. The standard InChI is InChI=1S/C11H20N2O5/c1-18-8-7-13-10(15)5-6-12-9(14)3-2-4-11(16)17/h2-8H2,1H3,(H,12,14)(H,13,15)(H,16,17). The maximum absolute atomic E-state index is 11.2. The summed E-state index contributed by atoms with van der Waals surface area (Å²) >= 11 is 0. The number of ether oxygens (including phenoxy) is 1. The lowest BCUT2D eigenvalue weighted by atomic mass is 10.2. The molecule has 0 aliphatic carbocycles. The van der Waals surface area contributed by atoms with Crippen molar-refractivity contribution in [1.29, 1.82) is 0 Å². The van der Waals surface area contributed by atoms with Crippen molar-refractivity contribution in [3.8, 4) is 0 Å². The Labute approximate surface area is 106 Å². The summed E-state index contributed by atoms with van der Waals surface area (Å²) in [5.74, 6) is -1.31. The van der Waals surface area contributed by atoms with Gasteiger partial charge in [0.25, 0.3) is 0 Å². The van der Waals surface area contributed by atoms with Gasteiger partial charge in [0, 0.05) is 39.5 Å². The predicted octanol–water partition coefficient (Wildman–Crippen LogP) is -0.490. The van der Waals surface area contributed by atoms with Gasteiger partial charge in [0.15, 0.2) is 0 Å². The van der Waals surface area contributed by atoms with E-state index in [1.54, 1.807) is 7.11 Å². The van der Waals surface area contributed by atoms with E-state index in [4.69, 9.17) is 9.84 Å². The van der Waals surface area contributed by atoms with Crippen molar-refractivity contribution in [2.75, 3.05) is 26.8 Å². The van der Waals surface area contributed by atoms with Gasteiger partial charge in [-0.2, -0.15) is 0 Å². The van der Waals surface area contributed by atoms with E-state index in [9.17, 15) is 14.4 Å². The maximum atomic E-state index is 11.2. The van der Waals surface area contributed by atoms with E-state index in [1.165, 1.54) is 0 Å². The van der Waals surface area contributed by atoms with E-state index >= 15 is 0 Å². The van der Waals surface area contributed by atoms with Gasteiger partial charge in [0.2, 0.25) is 11.8 Å². The van der Waals surface area contributed by atoms with Crippen molar-refractivity contribution in [2.45, 2.75) is 25.7 Å². The minimum atomic E-state index is -0.916. The molecule has 0 atom stereocenters. The highest BCUT2D eigenvalue weighted by Crippen LogP contribution is 1.94. The Morgan fingerprint density at radius 1 is 1.00 bits per heavy atom. The molecule has 0 aromatic heterocycles.